The third-order valence-electron chi connectivity index (χ3n) is 3.12. The summed E-state index contributed by atoms with van der Waals surface area (Å²) in [5.41, 5.74) is 3.33. The van der Waals surface area contributed by atoms with Gasteiger partial charge in [0, 0.05) is 6.42 Å². The van der Waals surface area contributed by atoms with Crippen LogP contribution in [0.4, 0.5) is 0 Å². The van der Waals surface area contributed by atoms with Gasteiger partial charge in [-0.3, -0.25) is 0 Å². The summed E-state index contributed by atoms with van der Waals surface area (Å²) in [6, 6.07) is 17.9. The van der Waals surface area contributed by atoms with E-state index in [0.29, 0.717) is 6.42 Å². The van der Waals surface area contributed by atoms with Gasteiger partial charge in [-0.05, 0) is 30.9 Å². The van der Waals surface area contributed by atoms with Crippen LogP contribution in [0.3, 0.4) is 0 Å². The summed E-state index contributed by atoms with van der Waals surface area (Å²) in [5.74, 6) is -0.297. The summed E-state index contributed by atoms with van der Waals surface area (Å²) < 4.78 is 0. The first kappa shape index (κ1) is 15.0. The molecule has 0 aliphatic heterocycles. The van der Waals surface area contributed by atoms with Crippen molar-refractivity contribution >= 4 is 12.2 Å². The van der Waals surface area contributed by atoms with E-state index in [0.717, 1.165) is 18.4 Å². The molecule has 2 rings (SSSR count). The minimum atomic E-state index is -0.297. The van der Waals surface area contributed by atoms with E-state index in [-0.39, 0.29) is 5.97 Å². The molecule has 3 nitrogen and oxygen atoms in total. The fraction of sp³-hybridized carbons (Fsp3) is 0.222. The van der Waals surface area contributed by atoms with Crippen LogP contribution in [-0.2, 0) is 16.1 Å². The van der Waals surface area contributed by atoms with Crippen LogP contribution in [0.2, 0.25) is 0 Å². The Labute approximate surface area is 125 Å². The lowest BCUT2D eigenvalue weighted by molar-refractivity contribution is -0.143. The van der Waals surface area contributed by atoms with E-state index in [1.807, 2.05) is 49.4 Å². The summed E-state index contributed by atoms with van der Waals surface area (Å²) in [5, 5.41) is 3.72. The highest BCUT2D eigenvalue weighted by Gasteiger charge is 2.02. The molecule has 3 heteroatoms. The van der Waals surface area contributed by atoms with Crippen LogP contribution in [0, 0.1) is 6.92 Å². The second-order valence-electron chi connectivity index (χ2n) is 4.95. The molecule has 0 unspecified atom stereocenters. The van der Waals surface area contributed by atoms with Crippen LogP contribution in [0.25, 0.3) is 0 Å². The molecule has 21 heavy (non-hydrogen) atoms. The van der Waals surface area contributed by atoms with Crippen molar-refractivity contribution in [2.24, 2.45) is 5.16 Å². The summed E-state index contributed by atoms with van der Waals surface area (Å²) >= 11 is 0. The van der Waals surface area contributed by atoms with Gasteiger partial charge in [-0.1, -0.05) is 65.3 Å². The second kappa shape index (κ2) is 8.00. The number of carbonyl (C=O) groups is 1. The monoisotopic (exact) mass is 281 g/mol. The van der Waals surface area contributed by atoms with Crippen molar-refractivity contribution in [1.82, 2.24) is 0 Å². The molecule has 0 saturated heterocycles. The Bertz CT molecular complexity index is 588. The molecule has 0 N–H and O–H groups in total. The van der Waals surface area contributed by atoms with E-state index < -0.39 is 0 Å². The smallest absolute Gasteiger partial charge is 0.318 e. The molecule has 0 atom stereocenters. The molecule has 2 aromatic rings. The maximum atomic E-state index is 11.5. The lowest BCUT2D eigenvalue weighted by Gasteiger charge is -2.00. The first-order chi connectivity index (χ1) is 10.2. The molecular weight excluding hydrogens is 262 g/mol. The summed E-state index contributed by atoms with van der Waals surface area (Å²) in [7, 11) is 0. The largest absolute Gasteiger partial charge is 0.335 e. The van der Waals surface area contributed by atoms with Crippen molar-refractivity contribution in [1.29, 1.82) is 0 Å². The average Bonchev–Trinajstić information content (AvgIpc) is 2.50. The Kier molecular flexibility index (Phi) is 5.71. The van der Waals surface area contributed by atoms with Gasteiger partial charge in [0.2, 0.25) is 0 Å². The fourth-order valence-corrected chi connectivity index (χ4v) is 1.93. The van der Waals surface area contributed by atoms with E-state index in [1.165, 1.54) is 11.1 Å². The Balaban J connectivity index is 1.69. The SMILES string of the molecule is Cc1ccc(/C=N/OC(=O)CCCc2ccccc2)cc1. The number of nitrogens with zero attached hydrogens (tertiary/aromatic N) is 1. The van der Waals surface area contributed by atoms with Crippen molar-refractivity contribution in [3.8, 4) is 0 Å². The molecule has 0 fully saturated rings. The van der Waals surface area contributed by atoms with Gasteiger partial charge in [0.15, 0.2) is 0 Å². The molecule has 108 valence electrons. The number of oxime groups is 1. The molecule has 0 saturated carbocycles. The fourth-order valence-electron chi connectivity index (χ4n) is 1.93. The van der Waals surface area contributed by atoms with Gasteiger partial charge in [0.1, 0.15) is 0 Å². The molecule has 0 bridgehead atoms. The Morgan fingerprint density at radius 3 is 2.52 bits per heavy atom. The van der Waals surface area contributed by atoms with Gasteiger partial charge in [-0.2, -0.15) is 0 Å². The zero-order chi connectivity index (χ0) is 14.9. The Morgan fingerprint density at radius 1 is 1.10 bits per heavy atom. The highest BCUT2D eigenvalue weighted by molar-refractivity contribution is 5.80. The maximum absolute atomic E-state index is 11.5. The van der Waals surface area contributed by atoms with Crippen LogP contribution < -0.4 is 0 Å². The maximum Gasteiger partial charge on any atom is 0.335 e. The van der Waals surface area contributed by atoms with Gasteiger partial charge >= 0.3 is 5.97 Å². The van der Waals surface area contributed by atoms with Crippen molar-refractivity contribution < 1.29 is 9.63 Å². The number of rotatable bonds is 6. The quantitative estimate of drug-likeness (QED) is 0.457. The molecule has 0 spiro atoms. The Hall–Kier alpha value is -2.42. The van der Waals surface area contributed by atoms with E-state index in [4.69, 9.17) is 4.84 Å². The third-order valence-corrected chi connectivity index (χ3v) is 3.12. The lowest BCUT2D eigenvalue weighted by atomic mass is 10.1. The van der Waals surface area contributed by atoms with Crippen LogP contribution in [0.5, 0.6) is 0 Å². The molecule has 0 aromatic heterocycles. The van der Waals surface area contributed by atoms with Gasteiger partial charge in [-0.25, -0.2) is 4.79 Å². The minimum absolute atomic E-state index is 0.297. The molecule has 0 aliphatic carbocycles. The average molecular weight is 281 g/mol. The summed E-state index contributed by atoms with van der Waals surface area (Å²) in [6.07, 6.45) is 3.56. The van der Waals surface area contributed by atoms with E-state index in [1.54, 1.807) is 6.21 Å². The number of aryl methyl sites for hydroxylation is 2. The highest BCUT2D eigenvalue weighted by Crippen LogP contribution is 2.05. The number of benzene rings is 2. The zero-order valence-electron chi connectivity index (χ0n) is 12.2. The summed E-state index contributed by atoms with van der Waals surface area (Å²) in [4.78, 5) is 16.4. The second-order valence-corrected chi connectivity index (χ2v) is 4.95. The van der Waals surface area contributed by atoms with Gasteiger partial charge in [0.25, 0.3) is 0 Å². The van der Waals surface area contributed by atoms with Gasteiger partial charge in [0.05, 0.1) is 6.21 Å². The molecular formula is C18H19NO2. The van der Waals surface area contributed by atoms with Crippen molar-refractivity contribution in [2.45, 2.75) is 26.2 Å². The molecule has 0 aliphatic rings. The lowest BCUT2D eigenvalue weighted by Crippen LogP contribution is -2.01. The van der Waals surface area contributed by atoms with E-state index >= 15 is 0 Å². The van der Waals surface area contributed by atoms with Crippen molar-refractivity contribution in [2.75, 3.05) is 0 Å². The number of hydrogen-bond donors (Lipinski definition) is 0. The standard InChI is InChI=1S/C18H19NO2/c1-15-10-12-17(13-11-15)14-19-21-18(20)9-5-8-16-6-3-2-4-7-16/h2-4,6-7,10-14H,5,8-9H2,1H3/b19-14+. The normalized spacial score (nSPS) is 10.7. The van der Waals surface area contributed by atoms with Gasteiger partial charge < -0.3 is 4.84 Å². The molecule has 0 radical (unpaired) electrons. The van der Waals surface area contributed by atoms with E-state index in [2.05, 4.69) is 17.3 Å². The molecule has 2 aromatic carbocycles. The first-order valence-electron chi connectivity index (χ1n) is 7.08. The highest BCUT2D eigenvalue weighted by atomic mass is 16.7. The van der Waals surface area contributed by atoms with Crippen molar-refractivity contribution in [3.63, 3.8) is 0 Å². The summed E-state index contributed by atoms with van der Waals surface area (Å²) in [6.45, 7) is 2.02. The minimum Gasteiger partial charge on any atom is -0.318 e. The Morgan fingerprint density at radius 2 is 1.81 bits per heavy atom. The van der Waals surface area contributed by atoms with Gasteiger partial charge in [-0.15, -0.1) is 0 Å². The van der Waals surface area contributed by atoms with Crippen LogP contribution in [0.1, 0.15) is 29.5 Å². The number of hydrogen-bond acceptors (Lipinski definition) is 3. The number of carbonyl (C=O) groups excluding carboxylic acids is 1. The van der Waals surface area contributed by atoms with E-state index in [9.17, 15) is 4.79 Å². The predicted octanol–water partition coefficient (Wildman–Crippen LogP) is 3.90. The molecule has 0 heterocycles. The third kappa shape index (κ3) is 5.61. The van der Waals surface area contributed by atoms with Crippen LogP contribution in [-0.4, -0.2) is 12.2 Å². The van der Waals surface area contributed by atoms with Crippen molar-refractivity contribution in [3.05, 3.63) is 71.3 Å². The topological polar surface area (TPSA) is 38.7 Å². The first-order valence-corrected chi connectivity index (χ1v) is 7.08. The zero-order valence-corrected chi connectivity index (χ0v) is 12.2. The predicted molar refractivity (Wildman–Crippen MR) is 84.2 cm³/mol. The van der Waals surface area contributed by atoms with Crippen LogP contribution >= 0.6 is 0 Å². The molecule has 0 amide bonds. The van der Waals surface area contributed by atoms with Crippen LogP contribution in [0.15, 0.2) is 59.8 Å².